The van der Waals surface area contributed by atoms with Crippen LogP contribution in [-0.4, -0.2) is 29.2 Å². The molecule has 1 N–H and O–H groups in total. The van der Waals surface area contributed by atoms with Gasteiger partial charge < -0.3 is 9.73 Å². The van der Waals surface area contributed by atoms with Gasteiger partial charge in [0.15, 0.2) is 0 Å². The highest BCUT2D eigenvalue weighted by atomic mass is 19.3. The Morgan fingerprint density at radius 1 is 1.26 bits per heavy atom. The van der Waals surface area contributed by atoms with E-state index in [-0.39, 0.29) is 18.8 Å². The molecule has 1 heterocycles. The SMILES string of the molecule is CCCNCCc1nnc(C2CCC(F)(F)CC2)o1. The molecule has 108 valence electrons. The summed E-state index contributed by atoms with van der Waals surface area (Å²) in [6.07, 6.45) is 2.49. The lowest BCUT2D eigenvalue weighted by Crippen LogP contribution is -2.23. The number of hydrogen-bond donors (Lipinski definition) is 1. The molecule has 0 spiro atoms. The zero-order chi connectivity index (χ0) is 13.7. The molecule has 0 atom stereocenters. The van der Waals surface area contributed by atoms with Crippen LogP contribution in [0.3, 0.4) is 0 Å². The topological polar surface area (TPSA) is 51.0 Å². The van der Waals surface area contributed by atoms with Crippen molar-refractivity contribution in [3.63, 3.8) is 0 Å². The molecule has 1 aromatic heterocycles. The molecule has 4 nitrogen and oxygen atoms in total. The van der Waals surface area contributed by atoms with Gasteiger partial charge in [-0.25, -0.2) is 8.78 Å². The fourth-order valence-corrected chi connectivity index (χ4v) is 2.32. The van der Waals surface area contributed by atoms with Crippen LogP contribution in [-0.2, 0) is 6.42 Å². The lowest BCUT2D eigenvalue weighted by Gasteiger charge is -2.25. The maximum atomic E-state index is 13.1. The van der Waals surface area contributed by atoms with Crippen LogP contribution >= 0.6 is 0 Å². The van der Waals surface area contributed by atoms with E-state index in [1.807, 2.05) is 0 Å². The zero-order valence-corrected chi connectivity index (χ0v) is 11.3. The molecule has 0 radical (unpaired) electrons. The third-order valence-corrected chi connectivity index (χ3v) is 3.49. The van der Waals surface area contributed by atoms with Crippen molar-refractivity contribution in [2.45, 2.75) is 57.3 Å². The molecule has 1 aliphatic rings. The quantitative estimate of drug-likeness (QED) is 0.810. The maximum absolute atomic E-state index is 13.1. The van der Waals surface area contributed by atoms with Gasteiger partial charge in [0.2, 0.25) is 17.7 Å². The van der Waals surface area contributed by atoms with Crippen LogP contribution in [0.1, 0.15) is 56.7 Å². The summed E-state index contributed by atoms with van der Waals surface area (Å²) >= 11 is 0. The Labute approximate surface area is 112 Å². The highest BCUT2D eigenvalue weighted by Crippen LogP contribution is 2.40. The van der Waals surface area contributed by atoms with Crippen LogP contribution in [0.5, 0.6) is 0 Å². The first-order valence-electron chi connectivity index (χ1n) is 7.01. The van der Waals surface area contributed by atoms with Crippen LogP contribution in [0.4, 0.5) is 8.78 Å². The Balaban J connectivity index is 1.80. The molecule has 19 heavy (non-hydrogen) atoms. The van der Waals surface area contributed by atoms with Gasteiger partial charge in [-0.1, -0.05) is 6.92 Å². The Bertz CT molecular complexity index is 385. The van der Waals surface area contributed by atoms with Gasteiger partial charge in [0, 0.05) is 31.7 Å². The lowest BCUT2D eigenvalue weighted by atomic mass is 9.87. The Hall–Kier alpha value is -1.04. The van der Waals surface area contributed by atoms with Crippen molar-refractivity contribution in [2.75, 3.05) is 13.1 Å². The number of halogens is 2. The van der Waals surface area contributed by atoms with Crippen molar-refractivity contribution in [3.8, 4) is 0 Å². The van der Waals surface area contributed by atoms with E-state index in [0.717, 1.165) is 19.5 Å². The first-order chi connectivity index (χ1) is 9.11. The number of nitrogens with zero attached hydrogens (tertiary/aromatic N) is 2. The Morgan fingerprint density at radius 3 is 2.68 bits per heavy atom. The molecule has 2 rings (SSSR count). The molecule has 0 amide bonds. The predicted octanol–water partition coefficient (Wildman–Crippen LogP) is 2.90. The Kier molecular flexibility index (Phi) is 4.85. The summed E-state index contributed by atoms with van der Waals surface area (Å²) in [5.74, 6) is -1.38. The number of alkyl halides is 2. The van der Waals surface area contributed by atoms with Crippen LogP contribution in [0.25, 0.3) is 0 Å². The minimum absolute atomic E-state index is 0.00414. The summed E-state index contributed by atoms with van der Waals surface area (Å²) in [6, 6.07) is 0. The molecular weight excluding hydrogens is 252 g/mol. The molecule has 0 unspecified atom stereocenters. The second kappa shape index (κ2) is 6.41. The highest BCUT2D eigenvalue weighted by Gasteiger charge is 2.37. The predicted molar refractivity (Wildman–Crippen MR) is 67.3 cm³/mol. The summed E-state index contributed by atoms with van der Waals surface area (Å²) in [7, 11) is 0. The summed E-state index contributed by atoms with van der Waals surface area (Å²) in [6.45, 7) is 3.88. The molecule has 0 saturated heterocycles. The number of aromatic nitrogens is 2. The Morgan fingerprint density at radius 2 is 2.00 bits per heavy atom. The zero-order valence-electron chi connectivity index (χ0n) is 11.3. The smallest absolute Gasteiger partial charge is 0.248 e. The fraction of sp³-hybridized carbons (Fsp3) is 0.846. The van der Waals surface area contributed by atoms with E-state index in [1.165, 1.54) is 0 Å². The van der Waals surface area contributed by atoms with Crippen LogP contribution < -0.4 is 5.32 Å². The minimum atomic E-state index is -2.51. The van der Waals surface area contributed by atoms with E-state index >= 15 is 0 Å². The molecule has 0 bridgehead atoms. The van der Waals surface area contributed by atoms with Crippen molar-refractivity contribution < 1.29 is 13.2 Å². The van der Waals surface area contributed by atoms with Gasteiger partial charge in [-0.2, -0.15) is 0 Å². The second-order valence-corrected chi connectivity index (χ2v) is 5.16. The van der Waals surface area contributed by atoms with E-state index in [9.17, 15) is 8.78 Å². The summed E-state index contributed by atoms with van der Waals surface area (Å²) < 4.78 is 31.7. The monoisotopic (exact) mass is 273 g/mol. The third kappa shape index (κ3) is 4.23. The van der Waals surface area contributed by atoms with E-state index in [1.54, 1.807) is 0 Å². The maximum Gasteiger partial charge on any atom is 0.248 e. The highest BCUT2D eigenvalue weighted by molar-refractivity contribution is 4.96. The van der Waals surface area contributed by atoms with Crippen LogP contribution in [0.2, 0.25) is 0 Å². The van der Waals surface area contributed by atoms with Gasteiger partial charge in [0.25, 0.3) is 0 Å². The third-order valence-electron chi connectivity index (χ3n) is 3.49. The second-order valence-electron chi connectivity index (χ2n) is 5.16. The van der Waals surface area contributed by atoms with Crippen molar-refractivity contribution in [1.29, 1.82) is 0 Å². The van der Waals surface area contributed by atoms with Gasteiger partial charge >= 0.3 is 0 Å². The molecule has 6 heteroatoms. The van der Waals surface area contributed by atoms with E-state index in [2.05, 4.69) is 22.4 Å². The van der Waals surface area contributed by atoms with Crippen LogP contribution in [0.15, 0.2) is 4.42 Å². The number of nitrogens with one attached hydrogen (secondary N) is 1. The number of hydrogen-bond acceptors (Lipinski definition) is 4. The molecule has 1 saturated carbocycles. The normalized spacial score (nSPS) is 19.7. The van der Waals surface area contributed by atoms with Gasteiger partial charge in [0.1, 0.15) is 0 Å². The largest absolute Gasteiger partial charge is 0.425 e. The van der Waals surface area contributed by atoms with Gasteiger partial charge in [-0.3, -0.25) is 0 Å². The molecule has 1 aliphatic carbocycles. The van der Waals surface area contributed by atoms with Gasteiger partial charge in [0.05, 0.1) is 0 Å². The average molecular weight is 273 g/mol. The molecule has 0 aliphatic heterocycles. The fourth-order valence-electron chi connectivity index (χ4n) is 2.32. The van der Waals surface area contributed by atoms with E-state index in [4.69, 9.17) is 4.42 Å². The molecular formula is C13H21F2N3O. The lowest BCUT2D eigenvalue weighted by molar-refractivity contribution is -0.0399. The van der Waals surface area contributed by atoms with Gasteiger partial charge in [-0.05, 0) is 25.8 Å². The van der Waals surface area contributed by atoms with Crippen LogP contribution in [0, 0.1) is 0 Å². The first kappa shape index (κ1) is 14.4. The van der Waals surface area contributed by atoms with Crippen molar-refractivity contribution in [2.24, 2.45) is 0 Å². The van der Waals surface area contributed by atoms with Gasteiger partial charge in [-0.15, -0.1) is 10.2 Å². The van der Waals surface area contributed by atoms with Crippen molar-refractivity contribution in [3.05, 3.63) is 11.8 Å². The molecule has 1 fully saturated rings. The number of rotatable bonds is 6. The van der Waals surface area contributed by atoms with E-state index in [0.29, 0.717) is 31.0 Å². The standard InChI is InChI=1S/C13H21F2N3O/c1-2-8-16-9-5-11-17-18-12(19-11)10-3-6-13(14,15)7-4-10/h10,16H,2-9H2,1H3. The van der Waals surface area contributed by atoms with Crippen molar-refractivity contribution >= 4 is 0 Å². The summed E-state index contributed by atoms with van der Waals surface area (Å²) in [5, 5.41) is 11.2. The summed E-state index contributed by atoms with van der Waals surface area (Å²) in [4.78, 5) is 0. The first-order valence-corrected chi connectivity index (χ1v) is 7.01. The molecule has 1 aromatic rings. The minimum Gasteiger partial charge on any atom is -0.425 e. The average Bonchev–Trinajstić information content (AvgIpc) is 2.83. The molecule has 0 aromatic carbocycles. The van der Waals surface area contributed by atoms with Crippen molar-refractivity contribution in [1.82, 2.24) is 15.5 Å². The summed E-state index contributed by atoms with van der Waals surface area (Å²) in [5.41, 5.74) is 0. The van der Waals surface area contributed by atoms with E-state index < -0.39 is 5.92 Å².